The largest absolute Gasteiger partial charge is 0.333 e. The van der Waals surface area contributed by atoms with Crippen molar-refractivity contribution in [1.82, 2.24) is 14.5 Å². The maximum Gasteiger partial charge on any atom is 0.157 e. The summed E-state index contributed by atoms with van der Waals surface area (Å²) < 4.78 is 1.99. The van der Waals surface area contributed by atoms with E-state index in [-0.39, 0.29) is 0 Å². The minimum atomic E-state index is 0.457. The molecule has 19 heavy (non-hydrogen) atoms. The maximum atomic E-state index is 6.21. The first-order valence-corrected chi connectivity index (χ1v) is 6.41. The van der Waals surface area contributed by atoms with Crippen molar-refractivity contribution >= 4 is 44.3 Å². The molecule has 0 amide bonds. The third-order valence-electron chi connectivity index (χ3n) is 3.47. The first kappa shape index (κ1) is 10.8. The molecule has 4 rings (SSSR count). The second-order valence-electron chi connectivity index (χ2n) is 4.67. The van der Waals surface area contributed by atoms with Gasteiger partial charge in [0.15, 0.2) is 5.15 Å². The lowest BCUT2D eigenvalue weighted by Gasteiger charge is -2.05. The summed E-state index contributed by atoms with van der Waals surface area (Å²) in [5, 5.41) is 3.90. The average molecular weight is 268 g/mol. The Hall–Kier alpha value is -2.13. The predicted octanol–water partition coefficient (Wildman–Crippen LogP) is 3.93. The number of aryl methyl sites for hydroxylation is 1. The molecule has 4 aromatic rings. The number of aromatic nitrogens is 3. The van der Waals surface area contributed by atoms with Gasteiger partial charge in [0.2, 0.25) is 0 Å². The van der Waals surface area contributed by atoms with E-state index in [2.05, 4.69) is 34.2 Å². The van der Waals surface area contributed by atoms with Crippen LogP contribution in [0.1, 0.15) is 0 Å². The summed E-state index contributed by atoms with van der Waals surface area (Å²) in [4.78, 5) is 8.77. The Morgan fingerprint density at radius 2 is 1.84 bits per heavy atom. The van der Waals surface area contributed by atoms with Gasteiger partial charge >= 0.3 is 0 Å². The van der Waals surface area contributed by atoms with Gasteiger partial charge in [-0.1, -0.05) is 35.9 Å². The van der Waals surface area contributed by atoms with Crippen LogP contribution < -0.4 is 0 Å². The van der Waals surface area contributed by atoms with E-state index in [0.29, 0.717) is 5.15 Å². The quantitative estimate of drug-likeness (QED) is 0.357. The molecule has 0 unspecified atom stereocenters. The molecule has 0 aliphatic heterocycles. The number of hydrogen-bond donors (Lipinski definition) is 0. The summed E-state index contributed by atoms with van der Waals surface area (Å²) in [6.45, 7) is 0. The number of rotatable bonds is 0. The van der Waals surface area contributed by atoms with E-state index in [0.717, 1.165) is 21.9 Å². The van der Waals surface area contributed by atoms with Crippen molar-refractivity contribution in [2.45, 2.75) is 0 Å². The van der Waals surface area contributed by atoms with Gasteiger partial charge in [0.25, 0.3) is 0 Å². The van der Waals surface area contributed by atoms with Crippen molar-refractivity contribution in [2.75, 3.05) is 0 Å². The highest BCUT2D eigenvalue weighted by molar-refractivity contribution is 6.35. The lowest BCUT2D eigenvalue weighted by atomic mass is 10.1. The van der Waals surface area contributed by atoms with Crippen LogP contribution in [0, 0.1) is 0 Å². The molecular formula is C15H10ClN3. The van der Waals surface area contributed by atoms with E-state index in [9.17, 15) is 0 Å². The van der Waals surface area contributed by atoms with Crippen molar-refractivity contribution in [1.29, 1.82) is 0 Å². The van der Waals surface area contributed by atoms with Crippen molar-refractivity contribution in [3.8, 4) is 0 Å². The number of halogens is 1. The van der Waals surface area contributed by atoms with Crippen LogP contribution in [0.25, 0.3) is 32.7 Å². The lowest BCUT2D eigenvalue weighted by molar-refractivity contribution is 0.951. The first-order valence-electron chi connectivity index (χ1n) is 6.03. The molecule has 0 saturated heterocycles. The van der Waals surface area contributed by atoms with E-state index < -0.39 is 0 Å². The Morgan fingerprint density at radius 1 is 1.11 bits per heavy atom. The summed E-state index contributed by atoms with van der Waals surface area (Å²) in [7, 11) is 1.97. The zero-order chi connectivity index (χ0) is 13.0. The van der Waals surface area contributed by atoms with Crippen LogP contribution in [-0.2, 0) is 7.05 Å². The Morgan fingerprint density at radius 3 is 2.63 bits per heavy atom. The zero-order valence-corrected chi connectivity index (χ0v) is 11.0. The minimum absolute atomic E-state index is 0.457. The molecule has 3 nitrogen and oxygen atoms in total. The van der Waals surface area contributed by atoms with Crippen molar-refractivity contribution in [2.24, 2.45) is 7.05 Å². The topological polar surface area (TPSA) is 30.7 Å². The van der Waals surface area contributed by atoms with Crippen molar-refractivity contribution < 1.29 is 0 Å². The molecule has 0 saturated carbocycles. The summed E-state index contributed by atoms with van der Waals surface area (Å²) in [5.74, 6) is 0. The van der Waals surface area contributed by atoms with Gasteiger partial charge in [0.05, 0.1) is 17.4 Å². The lowest BCUT2D eigenvalue weighted by Crippen LogP contribution is -1.89. The van der Waals surface area contributed by atoms with Crippen LogP contribution in [0.4, 0.5) is 0 Å². The zero-order valence-electron chi connectivity index (χ0n) is 10.3. The van der Waals surface area contributed by atoms with E-state index in [1.807, 2.05) is 23.7 Å². The third-order valence-corrected chi connectivity index (χ3v) is 3.73. The fraction of sp³-hybridized carbons (Fsp3) is 0.0667. The average Bonchev–Trinajstić information content (AvgIpc) is 2.80. The molecule has 0 spiro atoms. The van der Waals surface area contributed by atoms with E-state index in [1.54, 1.807) is 6.33 Å². The Balaban J connectivity index is 2.31. The van der Waals surface area contributed by atoms with Crippen LogP contribution in [-0.4, -0.2) is 14.5 Å². The molecule has 0 radical (unpaired) electrons. The monoisotopic (exact) mass is 267 g/mol. The number of fused-ring (bicyclic) bond motifs is 4. The van der Waals surface area contributed by atoms with Gasteiger partial charge in [-0.15, -0.1) is 0 Å². The highest BCUT2D eigenvalue weighted by atomic mass is 35.5. The van der Waals surface area contributed by atoms with Crippen molar-refractivity contribution in [3.05, 3.63) is 47.9 Å². The Bertz CT molecular complexity index is 940. The maximum absolute atomic E-state index is 6.21. The molecule has 92 valence electrons. The number of nitrogens with zero attached hydrogens (tertiary/aromatic N) is 3. The van der Waals surface area contributed by atoms with Gasteiger partial charge < -0.3 is 4.57 Å². The van der Waals surface area contributed by atoms with Crippen LogP contribution in [0.5, 0.6) is 0 Å². The van der Waals surface area contributed by atoms with Gasteiger partial charge in [0, 0.05) is 12.4 Å². The minimum Gasteiger partial charge on any atom is -0.333 e. The van der Waals surface area contributed by atoms with Gasteiger partial charge in [-0.3, -0.25) is 0 Å². The second-order valence-corrected chi connectivity index (χ2v) is 5.03. The summed E-state index contributed by atoms with van der Waals surface area (Å²) in [6.07, 6.45) is 1.77. The SMILES string of the molecule is Cn1cnc2c(Cl)nc3cc4ccccc4cc3c21. The van der Waals surface area contributed by atoms with Gasteiger partial charge in [-0.25, -0.2) is 9.97 Å². The highest BCUT2D eigenvalue weighted by Gasteiger charge is 2.11. The number of benzene rings is 2. The van der Waals surface area contributed by atoms with Crippen LogP contribution in [0.15, 0.2) is 42.7 Å². The second kappa shape index (κ2) is 3.68. The van der Waals surface area contributed by atoms with Gasteiger partial charge in [0.1, 0.15) is 5.52 Å². The molecule has 0 bridgehead atoms. The van der Waals surface area contributed by atoms with Crippen LogP contribution in [0.3, 0.4) is 0 Å². The van der Waals surface area contributed by atoms with Gasteiger partial charge in [-0.05, 0) is 22.9 Å². The van der Waals surface area contributed by atoms with E-state index in [1.165, 1.54) is 10.8 Å². The van der Waals surface area contributed by atoms with Crippen molar-refractivity contribution in [3.63, 3.8) is 0 Å². The first-order chi connectivity index (χ1) is 9.24. The highest BCUT2D eigenvalue weighted by Crippen LogP contribution is 2.30. The molecule has 4 heteroatoms. The Labute approximate surface area is 114 Å². The van der Waals surface area contributed by atoms with Crippen LogP contribution in [0.2, 0.25) is 5.15 Å². The third kappa shape index (κ3) is 1.45. The fourth-order valence-corrected chi connectivity index (χ4v) is 2.80. The molecule has 0 atom stereocenters. The number of imidazole rings is 1. The summed E-state index contributed by atoms with van der Waals surface area (Å²) >= 11 is 6.21. The smallest absolute Gasteiger partial charge is 0.157 e. The van der Waals surface area contributed by atoms with Gasteiger partial charge in [-0.2, -0.15) is 0 Å². The molecule has 0 fully saturated rings. The molecule has 2 heterocycles. The molecule has 0 aliphatic carbocycles. The molecule has 0 N–H and O–H groups in total. The molecule has 0 aliphatic rings. The molecule has 2 aromatic heterocycles. The fourth-order valence-electron chi connectivity index (χ4n) is 2.57. The number of hydrogen-bond acceptors (Lipinski definition) is 2. The standard InChI is InChI=1S/C15H10ClN3/c1-19-8-17-13-14(19)11-6-9-4-2-3-5-10(9)7-12(11)18-15(13)16/h2-8H,1H3. The number of pyridine rings is 1. The summed E-state index contributed by atoms with van der Waals surface area (Å²) in [6, 6.07) is 12.5. The van der Waals surface area contributed by atoms with Crippen LogP contribution >= 0.6 is 11.6 Å². The molecular weight excluding hydrogens is 258 g/mol. The summed E-state index contributed by atoms with van der Waals surface area (Å²) in [5.41, 5.74) is 2.69. The molecule has 2 aromatic carbocycles. The normalized spacial score (nSPS) is 11.7. The Kier molecular flexibility index (Phi) is 2.09. The predicted molar refractivity (Wildman–Crippen MR) is 78.5 cm³/mol. The van der Waals surface area contributed by atoms with E-state index in [4.69, 9.17) is 11.6 Å². The van der Waals surface area contributed by atoms with E-state index >= 15 is 0 Å².